The van der Waals surface area contributed by atoms with Gasteiger partial charge in [0.05, 0.1) is 24.3 Å². The lowest BCUT2D eigenvalue weighted by molar-refractivity contribution is -0.118. The molecule has 0 unspecified atom stereocenters. The average molecular weight is 367 g/mol. The predicted molar refractivity (Wildman–Crippen MR) is 103 cm³/mol. The van der Waals surface area contributed by atoms with Crippen LogP contribution in [0.4, 0.5) is 0 Å². The van der Waals surface area contributed by atoms with Gasteiger partial charge in [-0.15, -0.1) is 0 Å². The van der Waals surface area contributed by atoms with Crippen LogP contribution in [-0.2, 0) is 24.5 Å². The van der Waals surface area contributed by atoms with Crippen molar-refractivity contribution in [3.05, 3.63) is 83.7 Å². The molecule has 2 N–H and O–H groups in total. The average Bonchev–Trinajstić information content (AvgIpc) is 3.08. The lowest BCUT2D eigenvalue weighted by Gasteiger charge is -2.11. The van der Waals surface area contributed by atoms with Gasteiger partial charge in [-0.3, -0.25) is 4.79 Å². The highest BCUT2D eigenvalue weighted by Crippen LogP contribution is 2.20. The maximum atomic E-state index is 12.1. The minimum absolute atomic E-state index is 0.0429. The Labute approximate surface area is 157 Å². The van der Waals surface area contributed by atoms with Crippen LogP contribution in [0.25, 0.3) is 0 Å². The second-order valence-corrected chi connectivity index (χ2v) is 6.76. The number of aliphatic hydroxyl groups excluding tert-OH is 1. The number of amides is 1. The van der Waals surface area contributed by atoms with Crippen LogP contribution in [0.5, 0.6) is 0 Å². The van der Waals surface area contributed by atoms with Gasteiger partial charge in [-0.2, -0.15) is 0 Å². The number of rotatable bonds is 8. The molecule has 26 heavy (non-hydrogen) atoms. The van der Waals surface area contributed by atoms with Gasteiger partial charge in [-0.25, -0.2) is 4.98 Å². The maximum absolute atomic E-state index is 12.1. The molecule has 0 saturated carbocycles. The molecule has 1 heterocycles. The Morgan fingerprint density at radius 2 is 1.69 bits per heavy atom. The smallest absolute Gasteiger partial charge is 0.230 e. The lowest BCUT2D eigenvalue weighted by atomic mass is 10.2. The first-order valence-corrected chi connectivity index (χ1v) is 9.37. The summed E-state index contributed by atoms with van der Waals surface area (Å²) in [7, 11) is 0. The minimum Gasteiger partial charge on any atom is -0.390 e. The summed E-state index contributed by atoms with van der Waals surface area (Å²) in [6, 6.07) is 19.8. The summed E-state index contributed by atoms with van der Waals surface area (Å²) in [5.41, 5.74) is 2.93. The van der Waals surface area contributed by atoms with Crippen molar-refractivity contribution in [1.82, 2.24) is 14.9 Å². The zero-order chi connectivity index (χ0) is 18.2. The highest BCUT2D eigenvalue weighted by atomic mass is 32.2. The number of hydrogen-bond acceptors (Lipinski definition) is 4. The molecule has 0 radical (unpaired) electrons. The van der Waals surface area contributed by atoms with E-state index in [4.69, 9.17) is 0 Å². The molecule has 134 valence electrons. The van der Waals surface area contributed by atoms with Crippen molar-refractivity contribution in [2.45, 2.75) is 24.9 Å². The van der Waals surface area contributed by atoms with Crippen molar-refractivity contribution < 1.29 is 9.90 Å². The van der Waals surface area contributed by atoms with E-state index in [9.17, 15) is 9.90 Å². The number of aromatic nitrogens is 2. The third-order valence-electron chi connectivity index (χ3n) is 3.91. The molecule has 0 saturated heterocycles. The second-order valence-electron chi connectivity index (χ2n) is 5.81. The first-order valence-electron chi connectivity index (χ1n) is 8.39. The first kappa shape index (κ1) is 18.2. The molecule has 3 aromatic rings. The fourth-order valence-corrected chi connectivity index (χ4v) is 3.37. The first-order chi connectivity index (χ1) is 12.8. The van der Waals surface area contributed by atoms with E-state index in [0.29, 0.717) is 13.1 Å². The van der Waals surface area contributed by atoms with Gasteiger partial charge in [0, 0.05) is 13.1 Å². The zero-order valence-corrected chi connectivity index (χ0v) is 15.2. The van der Waals surface area contributed by atoms with E-state index >= 15 is 0 Å². The number of nitrogens with zero attached hydrogens (tertiary/aromatic N) is 2. The van der Waals surface area contributed by atoms with Gasteiger partial charge in [0.2, 0.25) is 5.91 Å². The van der Waals surface area contributed by atoms with Crippen molar-refractivity contribution >= 4 is 17.7 Å². The largest absolute Gasteiger partial charge is 0.390 e. The number of nitrogens with one attached hydrogen (secondary N) is 1. The number of benzene rings is 2. The van der Waals surface area contributed by atoms with E-state index in [1.807, 2.05) is 65.2 Å². The molecule has 3 rings (SSSR count). The molecule has 0 fully saturated rings. The van der Waals surface area contributed by atoms with Gasteiger partial charge in [0.1, 0.15) is 0 Å². The summed E-state index contributed by atoms with van der Waals surface area (Å²) in [6.45, 7) is 1.05. The van der Waals surface area contributed by atoms with E-state index in [1.54, 1.807) is 6.20 Å². The topological polar surface area (TPSA) is 67.1 Å². The molecule has 0 bridgehead atoms. The van der Waals surface area contributed by atoms with Crippen LogP contribution in [0.3, 0.4) is 0 Å². The van der Waals surface area contributed by atoms with E-state index < -0.39 is 0 Å². The van der Waals surface area contributed by atoms with Gasteiger partial charge in [0.25, 0.3) is 0 Å². The summed E-state index contributed by atoms with van der Waals surface area (Å²) >= 11 is 1.37. The fourth-order valence-electron chi connectivity index (χ4n) is 2.55. The van der Waals surface area contributed by atoms with Crippen LogP contribution < -0.4 is 5.32 Å². The second kappa shape index (κ2) is 9.22. The Kier molecular flexibility index (Phi) is 6.46. The summed E-state index contributed by atoms with van der Waals surface area (Å²) in [5, 5.41) is 13.2. The van der Waals surface area contributed by atoms with Crippen molar-refractivity contribution in [3.8, 4) is 0 Å². The lowest BCUT2D eigenvalue weighted by Crippen LogP contribution is -2.24. The monoisotopic (exact) mass is 367 g/mol. The Hall–Kier alpha value is -2.57. The minimum atomic E-state index is -0.0827. The van der Waals surface area contributed by atoms with Gasteiger partial charge in [-0.05, 0) is 11.1 Å². The quantitative estimate of drug-likeness (QED) is 0.601. The summed E-state index contributed by atoms with van der Waals surface area (Å²) < 4.78 is 1.95. The van der Waals surface area contributed by atoms with E-state index in [2.05, 4.69) is 10.3 Å². The maximum Gasteiger partial charge on any atom is 0.230 e. The van der Waals surface area contributed by atoms with Gasteiger partial charge < -0.3 is 15.0 Å². The van der Waals surface area contributed by atoms with Crippen LogP contribution in [-0.4, -0.2) is 26.3 Å². The molecule has 2 aromatic carbocycles. The number of thioether (sulfide) groups is 1. The van der Waals surface area contributed by atoms with Crippen LogP contribution in [0, 0.1) is 0 Å². The molecule has 0 aliphatic carbocycles. The Morgan fingerprint density at radius 3 is 2.35 bits per heavy atom. The standard InChI is InChI=1S/C20H21N3O2S/c24-14-18-12-22-20(23(18)13-17-9-5-2-6-10-17)26-15-19(25)21-11-16-7-3-1-4-8-16/h1-10,12,24H,11,13-15H2,(H,21,25). The van der Waals surface area contributed by atoms with Gasteiger partial charge in [-0.1, -0.05) is 72.4 Å². The molecular formula is C20H21N3O2S. The van der Waals surface area contributed by atoms with E-state index in [-0.39, 0.29) is 18.3 Å². The highest BCUT2D eigenvalue weighted by Gasteiger charge is 2.12. The summed E-state index contributed by atoms with van der Waals surface area (Å²) in [4.78, 5) is 16.5. The van der Waals surface area contributed by atoms with E-state index in [1.165, 1.54) is 11.8 Å². The fraction of sp³-hybridized carbons (Fsp3) is 0.200. The predicted octanol–water partition coefficient (Wildman–Crippen LogP) is 2.83. The number of imidazole rings is 1. The van der Waals surface area contributed by atoms with Gasteiger partial charge in [0.15, 0.2) is 5.16 Å². The Balaban J connectivity index is 1.59. The SMILES string of the molecule is O=C(CSc1ncc(CO)n1Cc1ccccc1)NCc1ccccc1. The normalized spacial score (nSPS) is 10.7. The third kappa shape index (κ3) is 4.97. The Bertz CT molecular complexity index is 835. The van der Waals surface area contributed by atoms with Crippen LogP contribution >= 0.6 is 11.8 Å². The number of aliphatic hydroxyl groups is 1. The summed E-state index contributed by atoms with van der Waals surface area (Å²) in [6.07, 6.45) is 1.66. The molecule has 0 aliphatic heterocycles. The van der Waals surface area contributed by atoms with Crippen molar-refractivity contribution in [2.75, 3.05) is 5.75 Å². The molecule has 1 amide bonds. The molecule has 5 nitrogen and oxygen atoms in total. The molecule has 1 aromatic heterocycles. The summed E-state index contributed by atoms with van der Waals surface area (Å²) in [5.74, 6) is 0.238. The van der Waals surface area contributed by atoms with Gasteiger partial charge >= 0.3 is 0 Å². The molecule has 0 aliphatic rings. The van der Waals surface area contributed by atoms with E-state index in [0.717, 1.165) is 22.0 Å². The molecule has 6 heteroatoms. The number of hydrogen-bond donors (Lipinski definition) is 2. The number of carbonyl (C=O) groups excluding carboxylic acids is 1. The Morgan fingerprint density at radius 1 is 1.04 bits per heavy atom. The van der Waals surface area contributed by atoms with Crippen LogP contribution in [0.1, 0.15) is 16.8 Å². The van der Waals surface area contributed by atoms with Crippen LogP contribution in [0.15, 0.2) is 72.0 Å². The molecule has 0 atom stereocenters. The highest BCUT2D eigenvalue weighted by molar-refractivity contribution is 7.99. The zero-order valence-electron chi connectivity index (χ0n) is 14.3. The van der Waals surface area contributed by atoms with Crippen molar-refractivity contribution in [1.29, 1.82) is 0 Å². The third-order valence-corrected chi connectivity index (χ3v) is 4.90. The van der Waals surface area contributed by atoms with Crippen molar-refractivity contribution in [3.63, 3.8) is 0 Å². The number of carbonyl (C=O) groups is 1. The molecule has 0 spiro atoms. The molecular weight excluding hydrogens is 346 g/mol. The van der Waals surface area contributed by atoms with Crippen LogP contribution in [0.2, 0.25) is 0 Å². The van der Waals surface area contributed by atoms with Crippen molar-refractivity contribution in [2.24, 2.45) is 0 Å².